The van der Waals surface area contributed by atoms with Gasteiger partial charge in [-0.2, -0.15) is 0 Å². The number of carboxylic acids is 2. The fraction of sp³-hybridized carbons (Fsp3) is 0.304. The first-order chi connectivity index (χ1) is 13.8. The van der Waals surface area contributed by atoms with Crippen LogP contribution < -0.4 is 0 Å². The monoisotopic (exact) mass is 411 g/mol. The SMILES string of the molecule is CN(C)CC12Cc3ccccc3C(C1)Sc1ccccc12.O=C(O)/C=C/C(=O)O. The molecule has 2 N–H and O–H groups in total. The molecule has 2 aromatic rings. The number of aliphatic carboxylic acids is 2. The molecule has 1 heterocycles. The molecule has 152 valence electrons. The van der Waals surface area contributed by atoms with Crippen molar-refractivity contribution in [3.63, 3.8) is 0 Å². The molecule has 29 heavy (non-hydrogen) atoms. The van der Waals surface area contributed by atoms with Crippen molar-refractivity contribution in [1.82, 2.24) is 4.90 Å². The molecule has 0 fully saturated rings. The predicted octanol–water partition coefficient (Wildman–Crippen LogP) is 3.99. The van der Waals surface area contributed by atoms with E-state index in [1.54, 1.807) is 16.7 Å². The van der Waals surface area contributed by atoms with Crippen LogP contribution in [-0.4, -0.2) is 47.7 Å². The number of carbonyl (C=O) groups is 2. The first kappa shape index (κ1) is 21.1. The second-order valence-corrected chi connectivity index (χ2v) is 8.95. The Bertz CT molecular complexity index is 924. The van der Waals surface area contributed by atoms with Crippen LogP contribution in [0, 0.1) is 0 Å². The Labute approximate surface area is 175 Å². The van der Waals surface area contributed by atoms with Gasteiger partial charge in [0.15, 0.2) is 0 Å². The molecule has 2 aromatic carbocycles. The number of benzene rings is 2. The normalized spacial score (nSPS) is 21.7. The Kier molecular flexibility index (Phi) is 6.45. The third-order valence-corrected chi connectivity index (χ3v) is 6.54. The minimum Gasteiger partial charge on any atom is -0.478 e. The quantitative estimate of drug-likeness (QED) is 0.741. The molecule has 1 aliphatic carbocycles. The first-order valence-electron chi connectivity index (χ1n) is 9.43. The lowest BCUT2D eigenvalue weighted by atomic mass is 9.66. The number of rotatable bonds is 4. The summed E-state index contributed by atoms with van der Waals surface area (Å²) in [5, 5.41) is 16.2. The molecule has 0 saturated heterocycles. The number of carboxylic acid groups (broad SMARTS) is 2. The molecule has 0 radical (unpaired) electrons. The second-order valence-electron chi connectivity index (χ2n) is 7.71. The molecule has 0 aromatic heterocycles. The number of hydrogen-bond acceptors (Lipinski definition) is 4. The fourth-order valence-corrected chi connectivity index (χ4v) is 5.97. The lowest BCUT2D eigenvalue weighted by Gasteiger charge is -2.48. The van der Waals surface area contributed by atoms with Crippen molar-refractivity contribution in [1.29, 1.82) is 0 Å². The van der Waals surface area contributed by atoms with Crippen molar-refractivity contribution in [3.05, 3.63) is 77.4 Å². The average molecular weight is 412 g/mol. The molecule has 2 unspecified atom stereocenters. The number of likely N-dealkylation sites (N-methyl/N-ethyl adjacent to an activating group) is 1. The Hall–Kier alpha value is -2.57. The van der Waals surface area contributed by atoms with Crippen molar-refractivity contribution in [2.24, 2.45) is 0 Å². The van der Waals surface area contributed by atoms with Gasteiger partial charge in [-0.3, -0.25) is 0 Å². The summed E-state index contributed by atoms with van der Waals surface area (Å²) in [4.78, 5) is 23.0. The van der Waals surface area contributed by atoms with Gasteiger partial charge in [0.1, 0.15) is 0 Å². The van der Waals surface area contributed by atoms with E-state index in [4.69, 9.17) is 10.2 Å². The summed E-state index contributed by atoms with van der Waals surface area (Å²) in [7, 11) is 4.41. The zero-order valence-corrected chi connectivity index (χ0v) is 17.4. The van der Waals surface area contributed by atoms with Crippen molar-refractivity contribution < 1.29 is 19.8 Å². The zero-order chi connectivity index (χ0) is 21.0. The van der Waals surface area contributed by atoms with Crippen LogP contribution in [0.4, 0.5) is 0 Å². The second kappa shape index (κ2) is 8.84. The Morgan fingerprint density at radius 3 is 2.34 bits per heavy atom. The van der Waals surface area contributed by atoms with Gasteiger partial charge >= 0.3 is 11.9 Å². The van der Waals surface area contributed by atoms with E-state index in [9.17, 15) is 9.59 Å². The van der Waals surface area contributed by atoms with Gasteiger partial charge < -0.3 is 15.1 Å². The van der Waals surface area contributed by atoms with Crippen molar-refractivity contribution in [3.8, 4) is 0 Å². The summed E-state index contributed by atoms with van der Waals surface area (Å²) >= 11 is 2.06. The number of hydrogen-bond donors (Lipinski definition) is 2. The summed E-state index contributed by atoms with van der Waals surface area (Å²) in [6, 6.07) is 18.1. The van der Waals surface area contributed by atoms with Crippen LogP contribution in [-0.2, 0) is 21.4 Å². The third kappa shape index (κ3) is 4.89. The molecular weight excluding hydrogens is 386 g/mol. The van der Waals surface area contributed by atoms with Gasteiger partial charge in [-0.1, -0.05) is 42.5 Å². The van der Waals surface area contributed by atoms with Gasteiger partial charge in [-0.15, -0.1) is 11.8 Å². The van der Waals surface area contributed by atoms with Crippen molar-refractivity contribution in [2.75, 3.05) is 20.6 Å². The van der Waals surface area contributed by atoms with Gasteiger partial charge in [0, 0.05) is 34.3 Å². The van der Waals surface area contributed by atoms with Crippen molar-refractivity contribution >= 4 is 23.7 Å². The molecule has 0 amide bonds. The molecule has 2 aliphatic rings. The van der Waals surface area contributed by atoms with E-state index >= 15 is 0 Å². The molecule has 2 bridgehead atoms. The third-order valence-electron chi connectivity index (χ3n) is 5.22. The van der Waals surface area contributed by atoms with Gasteiger partial charge in [0.05, 0.1) is 0 Å². The summed E-state index contributed by atoms with van der Waals surface area (Å²) in [6.07, 6.45) is 3.56. The van der Waals surface area contributed by atoms with Crippen LogP contribution in [0.5, 0.6) is 0 Å². The minimum atomic E-state index is -1.26. The Morgan fingerprint density at radius 2 is 1.69 bits per heavy atom. The molecule has 0 saturated carbocycles. The number of fused-ring (bicyclic) bond motifs is 6. The van der Waals surface area contributed by atoms with E-state index < -0.39 is 11.9 Å². The van der Waals surface area contributed by atoms with Gasteiger partial charge in [-0.05, 0) is 49.7 Å². The lowest BCUT2D eigenvalue weighted by Crippen LogP contribution is -2.45. The highest BCUT2D eigenvalue weighted by molar-refractivity contribution is 7.99. The van der Waals surface area contributed by atoms with E-state index in [2.05, 4.69) is 79.3 Å². The largest absolute Gasteiger partial charge is 0.478 e. The van der Waals surface area contributed by atoms with E-state index in [1.807, 2.05) is 0 Å². The smallest absolute Gasteiger partial charge is 0.328 e. The van der Waals surface area contributed by atoms with Crippen LogP contribution >= 0.6 is 11.8 Å². The molecule has 4 rings (SSSR count). The summed E-state index contributed by atoms with van der Waals surface area (Å²) in [5.74, 6) is -2.51. The maximum absolute atomic E-state index is 9.55. The molecule has 6 heteroatoms. The topological polar surface area (TPSA) is 77.8 Å². The van der Waals surface area contributed by atoms with E-state index in [1.165, 1.54) is 17.7 Å². The minimum absolute atomic E-state index is 0.282. The average Bonchev–Trinajstić information content (AvgIpc) is 2.66. The fourth-order valence-electron chi connectivity index (χ4n) is 4.34. The first-order valence-corrected chi connectivity index (χ1v) is 10.3. The molecule has 2 atom stereocenters. The molecule has 0 spiro atoms. The van der Waals surface area contributed by atoms with E-state index in [0.29, 0.717) is 17.4 Å². The Morgan fingerprint density at radius 1 is 1.07 bits per heavy atom. The molecule has 5 nitrogen and oxygen atoms in total. The van der Waals surface area contributed by atoms with E-state index in [0.717, 1.165) is 6.54 Å². The van der Waals surface area contributed by atoms with Crippen LogP contribution in [0.2, 0.25) is 0 Å². The summed E-state index contributed by atoms with van der Waals surface area (Å²) in [5.41, 5.74) is 4.96. The summed E-state index contributed by atoms with van der Waals surface area (Å²) in [6.45, 7) is 1.13. The maximum Gasteiger partial charge on any atom is 0.328 e. The van der Waals surface area contributed by atoms with E-state index in [-0.39, 0.29) is 5.41 Å². The van der Waals surface area contributed by atoms with Gasteiger partial charge in [0.25, 0.3) is 0 Å². The van der Waals surface area contributed by atoms with Crippen LogP contribution in [0.15, 0.2) is 65.6 Å². The van der Waals surface area contributed by atoms with Crippen molar-refractivity contribution in [2.45, 2.75) is 28.4 Å². The van der Waals surface area contributed by atoms with Crippen LogP contribution in [0.3, 0.4) is 0 Å². The standard InChI is InChI=1S/C19H21NS.C4H4O4/c1-20(2)13-19-11-14-7-3-4-8-15(14)18(12-19)21-17-10-6-5-9-16(17)19;5-3(6)1-2-4(7)8/h3-10,18H,11-13H2,1-2H3;1-2H,(H,5,6)(H,7,8)/b;2-1+. The Balaban J connectivity index is 0.000000258. The zero-order valence-electron chi connectivity index (χ0n) is 16.5. The van der Waals surface area contributed by atoms with Gasteiger partial charge in [0.2, 0.25) is 0 Å². The van der Waals surface area contributed by atoms with Crippen LogP contribution in [0.25, 0.3) is 0 Å². The molecule has 1 aliphatic heterocycles. The molecular formula is C23H25NO4S. The predicted molar refractivity (Wildman–Crippen MR) is 114 cm³/mol. The van der Waals surface area contributed by atoms with Gasteiger partial charge in [-0.25, -0.2) is 9.59 Å². The van der Waals surface area contributed by atoms with Crippen LogP contribution in [0.1, 0.15) is 28.4 Å². The highest BCUT2D eigenvalue weighted by atomic mass is 32.2. The maximum atomic E-state index is 9.55. The highest BCUT2D eigenvalue weighted by Crippen LogP contribution is 2.57. The highest BCUT2D eigenvalue weighted by Gasteiger charge is 2.45. The number of thioether (sulfide) groups is 1. The number of nitrogens with zero attached hydrogens (tertiary/aromatic N) is 1. The summed E-state index contributed by atoms with van der Waals surface area (Å²) < 4.78 is 0. The lowest BCUT2D eigenvalue weighted by molar-refractivity contribution is -0.134.